The lowest BCUT2D eigenvalue weighted by atomic mass is 10.0. The zero-order valence-electron chi connectivity index (χ0n) is 14.9. The molecule has 1 aromatic heterocycles. The number of nitrogens with zero attached hydrogens (tertiary/aromatic N) is 4. The van der Waals surface area contributed by atoms with E-state index in [9.17, 15) is 13.2 Å². The van der Waals surface area contributed by atoms with Crippen LogP contribution in [0.2, 0.25) is 0 Å². The molecular weight excluding hydrogens is 342 g/mol. The van der Waals surface area contributed by atoms with Gasteiger partial charge in [0.2, 0.25) is 10.0 Å². The first kappa shape index (κ1) is 18.2. The Morgan fingerprint density at radius 3 is 2.88 bits per heavy atom. The monoisotopic (exact) mass is 369 g/mol. The van der Waals surface area contributed by atoms with Crippen molar-refractivity contribution in [2.75, 3.05) is 25.9 Å². The highest BCUT2D eigenvalue weighted by atomic mass is 32.2. The van der Waals surface area contributed by atoms with Crippen LogP contribution in [0.4, 0.5) is 4.79 Å². The molecule has 1 fully saturated rings. The topological polar surface area (TPSA) is 87.5 Å². The quantitative estimate of drug-likeness (QED) is 0.855. The second kappa shape index (κ2) is 7.33. The molecule has 1 saturated heterocycles. The summed E-state index contributed by atoms with van der Waals surface area (Å²) in [5.74, 6) is 0. The fraction of sp³-hybridized carbons (Fsp3) is 0.750. The van der Waals surface area contributed by atoms with Crippen LogP contribution in [0.25, 0.3) is 0 Å². The molecule has 3 heterocycles. The largest absolute Gasteiger partial charge is 0.338 e. The van der Waals surface area contributed by atoms with E-state index in [2.05, 4.69) is 10.4 Å². The Labute approximate surface area is 149 Å². The number of amides is 2. The second-order valence-electron chi connectivity index (χ2n) is 6.97. The van der Waals surface area contributed by atoms with Crippen molar-refractivity contribution in [1.82, 2.24) is 24.3 Å². The number of hydrogen-bond donors (Lipinski definition) is 1. The lowest BCUT2D eigenvalue weighted by Crippen LogP contribution is -2.47. The third-order valence-electron chi connectivity index (χ3n) is 4.96. The van der Waals surface area contributed by atoms with Crippen molar-refractivity contribution in [1.29, 1.82) is 0 Å². The van der Waals surface area contributed by atoms with Gasteiger partial charge in [-0.1, -0.05) is 6.42 Å². The summed E-state index contributed by atoms with van der Waals surface area (Å²) in [5, 5.41) is 7.34. The number of urea groups is 1. The SMILES string of the molecule is Cc1cc2n(n1)CCN(C(=O)NCCC1CCCCN1S(C)(=O)=O)C2. The number of carbonyl (C=O) groups excluding carboxylic acids is 1. The van der Waals surface area contributed by atoms with Gasteiger partial charge < -0.3 is 10.2 Å². The first-order valence-electron chi connectivity index (χ1n) is 8.87. The summed E-state index contributed by atoms with van der Waals surface area (Å²) in [6, 6.07) is 1.91. The summed E-state index contributed by atoms with van der Waals surface area (Å²) < 4.78 is 27.3. The maximum atomic E-state index is 12.4. The molecule has 3 rings (SSSR count). The molecule has 0 aliphatic carbocycles. The molecular formula is C16H27N5O3S. The average molecular weight is 369 g/mol. The highest BCUT2D eigenvalue weighted by Gasteiger charge is 2.29. The van der Waals surface area contributed by atoms with E-state index in [1.54, 1.807) is 9.21 Å². The Morgan fingerprint density at radius 2 is 2.12 bits per heavy atom. The zero-order chi connectivity index (χ0) is 18.0. The number of piperidine rings is 1. The van der Waals surface area contributed by atoms with E-state index in [4.69, 9.17) is 0 Å². The van der Waals surface area contributed by atoms with E-state index in [-0.39, 0.29) is 12.1 Å². The van der Waals surface area contributed by atoms with Crippen LogP contribution in [0.5, 0.6) is 0 Å². The maximum Gasteiger partial charge on any atom is 0.317 e. The van der Waals surface area contributed by atoms with Crippen molar-refractivity contribution in [3.05, 3.63) is 17.5 Å². The average Bonchev–Trinajstić information content (AvgIpc) is 2.93. The van der Waals surface area contributed by atoms with E-state index in [0.29, 0.717) is 39.1 Å². The zero-order valence-corrected chi connectivity index (χ0v) is 15.8. The molecule has 0 radical (unpaired) electrons. The Morgan fingerprint density at radius 1 is 1.32 bits per heavy atom. The predicted molar refractivity (Wildman–Crippen MR) is 94.6 cm³/mol. The first-order chi connectivity index (χ1) is 11.8. The molecule has 0 bridgehead atoms. The Bertz CT molecular complexity index is 730. The normalized spacial score (nSPS) is 21.8. The number of fused-ring (bicyclic) bond motifs is 1. The Balaban J connectivity index is 1.49. The van der Waals surface area contributed by atoms with Crippen molar-refractivity contribution < 1.29 is 13.2 Å². The summed E-state index contributed by atoms with van der Waals surface area (Å²) in [6.45, 7) is 4.94. The number of aryl methyl sites for hydroxylation is 1. The molecule has 25 heavy (non-hydrogen) atoms. The summed E-state index contributed by atoms with van der Waals surface area (Å²) in [6.07, 6.45) is 4.74. The minimum atomic E-state index is -3.18. The lowest BCUT2D eigenvalue weighted by molar-refractivity contribution is 0.178. The van der Waals surface area contributed by atoms with Crippen LogP contribution in [-0.4, -0.2) is 65.4 Å². The molecule has 8 nitrogen and oxygen atoms in total. The van der Waals surface area contributed by atoms with Crippen LogP contribution >= 0.6 is 0 Å². The molecule has 0 aromatic carbocycles. The highest BCUT2D eigenvalue weighted by molar-refractivity contribution is 7.88. The fourth-order valence-electron chi connectivity index (χ4n) is 3.74. The van der Waals surface area contributed by atoms with Crippen LogP contribution in [0.1, 0.15) is 37.1 Å². The van der Waals surface area contributed by atoms with Gasteiger partial charge in [0.25, 0.3) is 0 Å². The second-order valence-corrected chi connectivity index (χ2v) is 8.90. The van der Waals surface area contributed by atoms with E-state index < -0.39 is 10.0 Å². The third kappa shape index (κ3) is 4.33. The molecule has 1 atom stereocenters. The van der Waals surface area contributed by atoms with Crippen molar-refractivity contribution in [2.45, 2.75) is 51.7 Å². The number of nitrogens with one attached hydrogen (secondary N) is 1. The van der Waals surface area contributed by atoms with E-state index in [1.165, 1.54) is 6.26 Å². The van der Waals surface area contributed by atoms with Gasteiger partial charge in [-0.25, -0.2) is 13.2 Å². The Hall–Kier alpha value is -1.61. The highest BCUT2D eigenvalue weighted by Crippen LogP contribution is 2.22. The molecule has 140 valence electrons. The number of hydrogen-bond acceptors (Lipinski definition) is 4. The van der Waals surface area contributed by atoms with Gasteiger partial charge in [-0.2, -0.15) is 9.40 Å². The number of sulfonamides is 1. The molecule has 2 aliphatic heterocycles. The molecule has 9 heteroatoms. The number of rotatable bonds is 4. The van der Waals surface area contributed by atoms with Crippen LogP contribution < -0.4 is 5.32 Å². The van der Waals surface area contributed by atoms with Gasteiger partial charge in [0, 0.05) is 25.7 Å². The smallest absolute Gasteiger partial charge is 0.317 e. The molecule has 1 N–H and O–H groups in total. The van der Waals surface area contributed by atoms with Crippen molar-refractivity contribution in [3.8, 4) is 0 Å². The molecule has 1 aromatic rings. The van der Waals surface area contributed by atoms with Crippen LogP contribution in [-0.2, 0) is 23.1 Å². The molecule has 2 aliphatic rings. The lowest BCUT2D eigenvalue weighted by Gasteiger charge is -2.34. The van der Waals surface area contributed by atoms with Crippen molar-refractivity contribution >= 4 is 16.1 Å². The van der Waals surface area contributed by atoms with Crippen molar-refractivity contribution in [3.63, 3.8) is 0 Å². The maximum absolute atomic E-state index is 12.4. The standard InChI is InChI=1S/C16H27N5O3S/c1-13-11-15-12-19(9-10-20(15)18-13)16(22)17-7-6-14-5-3-4-8-21(14)25(2,23)24/h11,14H,3-10,12H2,1-2H3,(H,17,22). The Kier molecular flexibility index (Phi) is 5.33. The molecule has 1 unspecified atom stereocenters. The fourth-order valence-corrected chi connectivity index (χ4v) is 4.95. The van der Waals surface area contributed by atoms with E-state index in [0.717, 1.165) is 30.7 Å². The first-order valence-corrected chi connectivity index (χ1v) is 10.7. The van der Waals surface area contributed by atoms with Crippen LogP contribution in [0, 0.1) is 6.92 Å². The predicted octanol–water partition coefficient (Wildman–Crippen LogP) is 0.921. The molecule has 0 saturated carbocycles. The van der Waals surface area contributed by atoms with Gasteiger partial charge in [-0.15, -0.1) is 0 Å². The van der Waals surface area contributed by atoms with Gasteiger partial charge in [-0.3, -0.25) is 4.68 Å². The summed E-state index contributed by atoms with van der Waals surface area (Å²) >= 11 is 0. The van der Waals surface area contributed by atoms with E-state index in [1.807, 2.05) is 17.7 Å². The van der Waals surface area contributed by atoms with Gasteiger partial charge in [0.15, 0.2) is 0 Å². The van der Waals surface area contributed by atoms with Crippen LogP contribution in [0.15, 0.2) is 6.07 Å². The van der Waals surface area contributed by atoms with Gasteiger partial charge in [0.05, 0.1) is 30.7 Å². The minimum absolute atomic E-state index is 0.00510. The molecule has 0 spiro atoms. The van der Waals surface area contributed by atoms with Gasteiger partial charge in [-0.05, 0) is 32.3 Å². The third-order valence-corrected chi connectivity index (χ3v) is 6.29. The van der Waals surface area contributed by atoms with Crippen LogP contribution in [0.3, 0.4) is 0 Å². The summed E-state index contributed by atoms with van der Waals surface area (Å²) in [5.41, 5.74) is 2.02. The van der Waals surface area contributed by atoms with Gasteiger partial charge >= 0.3 is 6.03 Å². The van der Waals surface area contributed by atoms with Gasteiger partial charge in [0.1, 0.15) is 0 Å². The van der Waals surface area contributed by atoms with E-state index >= 15 is 0 Å². The molecule has 2 amide bonds. The van der Waals surface area contributed by atoms with Crippen molar-refractivity contribution in [2.24, 2.45) is 0 Å². The summed E-state index contributed by atoms with van der Waals surface area (Å²) in [4.78, 5) is 14.2. The summed E-state index contributed by atoms with van der Waals surface area (Å²) in [7, 11) is -3.18. The minimum Gasteiger partial charge on any atom is -0.338 e. The number of aromatic nitrogens is 2. The number of carbonyl (C=O) groups is 1.